The first kappa shape index (κ1) is 8.17. The van der Waals surface area contributed by atoms with Crippen molar-refractivity contribution in [1.82, 2.24) is 0 Å². The summed E-state index contributed by atoms with van der Waals surface area (Å²) in [5, 5.41) is 2.36. The van der Waals surface area contributed by atoms with E-state index in [2.05, 4.69) is 23.4 Å². The Balaban J connectivity index is 2.43. The maximum Gasteiger partial charge on any atom is 0.0142 e. The van der Waals surface area contributed by atoms with Crippen LogP contribution in [0, 0.1) is 11.3 Å². The van der Waals surface area contributed by atoms with Crippen LogP contribution in [0.5, 0.6) is 0 Å². The fourth-order valence-electron chi connectivity index (χ4n) is 0.899. The van der Waals surface area contributed by atoms with Gasteiger partial charge >= 0.3 is 0 Å². The van der Waals surface area contributed by atoms with Gasteiger partial charge in [0.05, 0.1) is 0 Å². The Morgan fingerprint density at radius 2 is 1.91 bits per heavy atom. The molecule has 1 rings (SSSR count). The van der Waals surface area contributed by atoms with Gasteiger partial charge in [-0.05, 0) is 23.6 Å². The number of hydrogen-bond acceptors (Lipinski definition) is 0. The van der Waals surface area contributed by atoms with Gasteiger partial charge in [-0.25, -0.2) is 0 Å². The van der Waals surface area contributed by atoms with Gasteiger partial charge in [0.15, 0.2) is 0 Å². The highest BCUT2D eigenvalue weighted by molar-refractivity contribution is 6.30. The van der Waals surface area contributed by atoms with E-state index >= 15 is 0 Å². The molecule has 0 atom stereocenters. The molecular weight excluding hydrogens is 156 g/mol. The smallest absolute Gasteiger partial charge is 0.0142 e. The highest BCUT2D eigenvalue weighted by atomic mass is 35.5. The summed E-state index contributed by atoms with van der Waals surface area (Å²) in [4.78, 5) is 0. The summed E-state index contributed by atoms with van der Waals surface area (Å²) >= 11 is 5.21. The Kier molecular flexibility index (Phi) is 3.58. The summed E-state index contributed by atoms with van der Waals surface area (Å²) in [5.74, 6) is 2.81. The van der Waals surface area contributed by atoms with Gasteiger partial charge in [-0.1, -0.05) is 36.3 Å². The second-order valence-electron chi connectivity index (χ2n) is 2.26. The largest absolute Gasteiger partial charge is 0.0855 e. The van der Waals surface area contributed by atoms with E-state index in [1.165, 1.54) is 5.56 Å². The minimum Gasteiger partial charge on any atom is -0.0855 e. The predicted octanol–water partition coefficient (Wildman–Crippen LogP) is 2.82. The fraction of sp³-hybridized carbons (Fsp3) is 0.200. The zero-order chi connectivity index (χ0) is 7.94. The fourth-order valence-corrected chi connectivity index (χ4v) is 0.993. The lowest BCUT2D eigenvalue weighted by Crippen LogP contribution is -1.80. The van der Waals surface area contributed by atoms with Crippen LogP contribution in [-0.2, 0) is 6.42 Å². The lowest BCUT2D eigenvalue weighted by molar-refractivity contribution is 1.03. The molecule has 11 heavy (non-hydrogen) atoms. The molecule has 56 valence electrons. The second kappa shape index (κ2) is 4.82. The lowest BCUT2D eigenvalue weighted by Gasteiger charge is -1.93. The van der Waals surface area contributed by atoms with Gasteiger partial charge in [0, 0.05) is 11.8 Å². The van der Waals surface area contributed by atoms with Crippen molar-refractivity contribution in [3.8, 4) is 11.3 Å². The van der Waals surface area contributed by atoms with Gasteiger partial charge < -0.3 is 0 Å². The van der Waals surface area contributed by atoms with E-state index in [1.54, 1.807) is 0 Å². The molecule has 1 aromatic rings. The van der Waals surface area contributed by atoms with Crippen LogP contribution in [0.15, 0.2) is 30.3 Å². The van der Waals surface area contributed by atoms with Gasteiger partial charge in [0.25, 0.3) is 0 Å². The van der Waals surface area contributed by atoms with Gasteiger partial charge in [0.2, 0.25) is 0 Å². The van der Waals surface area contributed by atoms with Crippen LogP contribution in [0.4, 0.5) is 0 Å². The summed E-state index contributed by atoms with van der Waals surface area (Å²) in [7, 11) is 0. The highest BCUT2D eigenvalue weighted by Crippen LogP contribution is 2.00. The molecule has 0 aliphatic heterocycles. The van der Waals surface area contributed by atoms with E-state index in [0.29, 0.717) is 0 Å². The standard InChI is InChI=1S/C10H9Cl/c11-9-5-4-8-10-6-2-1-3-7-10/h1-3,6-7H,4,8H2. The van der Waals surface area contributed by atoms with Crippen molar-refractivity contribution < 1.29 is 0 Å². The average Bonchev–Trinajstić information content (AvgIpc) is 2.07. The van der Waals surface area contributed by atoms with E-state index in [4.69, 9.17) is 11.6 Å². The third kappa shape index (κ3) is 3.11. The van der Waals surface area contributed by atoms with Gasteiger partial charge in [-0.2, -0.15) is 0 Å². The molecule has 0 aromatic heterocycles. The van der Waals surface area contributed by atoms with Crippen molar-refractivity contribution in [1.29, 1.82) is 0 Å². The normalized spacial score (nSPS) is 8.45. The summed E-state index contributed by atoms with van der Waals surface area (Å²) in [6.07, 6.45) is 1.83. The molecule has 0 spiro atoms. The third-order valence-electron chi connectivity index (χ3n) is 1.45. The number of benzene rings is 1. The zero-order valence-electron chi connectivity index (χ0n) is 6.18. The number of aryl methyl sites for hydroxylation is 1. The third-order valence-corrected chi connectivity index (χ3v) is 1.58. The monoisotopic (exact) mass is 164 g/mol. The maximum atomic E-state index is 5.21. The van der Waals surface area contributed by atoms with Crippen LogP contribution >= 0.6 is 11.6 Å². The summed E-state index contributed by atoms with van der Waals surface area (Å²) < 4.78 is 0. The minimum absolute atomic E-state index is 0.841. The van der Waals surface area contributed by atoms with E-state index in [1.807, 2.05) is 18.2 Å². The number of hydrogen-bond donors (Lipinski definition) is 0. The Morgan fingerprint density at radius 3 is 2.55 bits per heavy atom. The van der Waals surface area contributed by atoms with E-state index < -0.39 is 0 Å². The first-order chi connectivity index (χ1) is 5.43. The molecule has 0 saturated heterocycles. The van der Waals surface area contributed by atoms with Crippen LogP contribution in [0.3, 0.4) is 0 Å². The van der Waals surface area contributed by atoms with Crippen molar-refractivity contribution in [3.05, 3.63) is 35.9 Å². The molecule has 0 radical (unpaired) electrons. The number of rotatable bonds is 2. The van der Waals surface area contributed by atoms with Crippen molar-refractivity contribution in [2.24, 2.45) is 0 Å². The predicted molar refractivity (Wildman–Crippen MR) is 48.4 cm³/mol. The van der Waals surface area contributed by atoms with Crippen LogP contribution in [0.2, 0.25) is 0 Å². The molecule has 0 bridgehead atoms. The molecule has 1 aromatic carbocycles. The summed E-state index contributed by atoms with van der Waals surface area (Å²) in [6, 6.07) is 10.3. The zero-order valence-corrected chi connectivity index (χ0v) is 6.93. The maximum absolute atomic E-state index is 5.21. The van der Waals surface area contributed by atoms with Crippen molar-refractivity contribution in [2.45, 2.75) is 12.8 Å². The topological polar surface area (TPSA) is 0 Å². The molecule has 0 amide bonds. The first-order valence-electron chi connectivity index (χ1n) is 3.56. The van der Waals surface area contributed by atoms with E-state index in [-0.39, 0.29) is 0 Å². The van der Waals surface area contributed by atoms with Gasteiger partial charge in [-0.3, -0.25) is 0 Å². The van der Waals surface area contributed by atoms with E-state index in [0.717, 1.165) is 12.8 Å². The average molecular weight is 165 g/mol. The molecule has 0 heterocycles. The van der Waals surface area contributed by atoms with Crippen LogP contribution in [0.1, 0.15) is 12.0 Å². The molecular formula is C10H9Cl. The SMILES string of the molecule is ClC#CCCc1ccccc1. The molecule has 0 unspecified atom stereocenters. The Hall–Kier alpha value is -0.930. The van der Waals surface area contributed by atoms with Gasteiger partial charge in [-0.15, -0.1) is 0 Å². The van der Waals surface area contributed by atoms with Gasteiger partial charge in [0.1, 0.15) is 0 Å². The minimum atomic E-state index is 0.841. The second-order valence-corrected chi connectivity index (χ2v) is 2.45. The van der Waals surface area contributed by atoms with Crippen LogP contribution < -0.4 is 0 Å². The highest BCUT2D eigenvalue weighted by Gasteiger charge is 1.86. The molecule has 0 aliphatic rings. The van der Waals surface area contributed by atoms with Crippen molar-refractivity contribution >= 4 is 11.6 Å². The molecule has 0 saturated carbocycles. The molecule has 1 heteroatoms. The van der Waals surface area contributed by atoms with Crippen LogP contribution in [0.25, 0.3) is 0 Å². The molecule has 0 N–H and O–H groups in total. The molecule has 0 nitrogen and oxygen atoms in total. The Morgan fingerprint density at radius 1 is 1.18 bits per heavy atom. The quantitative estimate of drug-likeness (QED) is 0.590. The lowest BCUT2D eigenvalue weighted by atomic mass is 10.1. The van der Waals surface area contributed by atoms with E-state index in [9.17, 15) is 0 Å². The summed E-state index contributed by atoms with van der Waals surface area (Å²) in [5.41, 5.74) is 1.31. The van der Waals surface area contributed by atoms with Crippen molar-refractivity contribution in [2.75, 3.05) is 0 Å². The van der Waals surface area contributed by atoms with Crippen molar-refractivity contribution in [3.63, 3.8) is 0 Å². The summed E-state index contributed by atoms with van der Waals surface area (Å²) in [6.45, 7) is 0. The first-order valence-corrected chi connectivity index (χ1v) is 3.93. The number of halogens is 1. The molecule has 0 fully saturated rings. The Labute approximate surface area is 72.2 Å². The Bertz CT molecular complexity index is 253. The molecule has 0 aliphatic carbocycles. The van der Waals surface area contributed by atoms with Crippen LogP contribution in [-0.4, -0.2) is 0 Å².